The monoisotopic (exact) mass is 374 g/mol. The second-order valence-electron chi connectivity index (χ2n) is 6.37. The number of piperazine rings is 1. The summed E-state index contributed by atoms with van der Waals surface area (Å²) < 4.78 is 5.59. The number of nitrogens with zero attached hydrogens (tertiary/aromatic N) is 2. The van der Waals surface area contributed by atoms with Crippen LogP contribution in [-0.4, -0.2) is 55.4 Å². The van der Waals surface area contributed by atoms with Gasteiger partial charge < -0.3 is 14.7 Å². The van der Waals surface area contributed by atoms with Gasteiger partial charge >= 0.3 is 0 Å². The summed E-state index contributed by atoms with van der Waals surface area (Å²) in [5.74, 6) is 0.693. The van der Waals surface area contributed by atoms with Crippen molar-refractivity contribution in [2.24, 2.45) is 0 Å². The number of hydrogen-bond acceptors (Lipinski definition) is 5. The number of ether oxygens (including phenoxy) is 1. The Morgan fingerprint density at radius 3 is 2.42 bits per heavy atom. The molecule has 1 atom stereocenters. The Balaban J connectivity index is 1.45. The van der Waals surface area contributed by atoms with Crippen molar-refractivity contribution in [2.45, 2.75) is 6.10 Å². The second-order valence-corrected chi connectivity index (χ2v) is 6.80. The van der Waals surface area contributed by atoms with Crippen LogP contribution in [0.5, 0.6) is 5.75 Å². The van der Waals surface area contributed by atoms with E-state index in [1.807, 2.05) is 18.2 Å². The van der Waals surface area contributed by atoms with Gasteiger partial charge in [-0.25, -0.2) is 0 Å². The predicted molar refractivity (Wildman–Crippen MR) is 104 cm³/mol. The van der Waals surface area contributed by atoms with E-state index < -0.39 is 6.10 Å². The standard InChI is InChI=1S/C20H23ClN2O3/c21-16-6-8-18(9-7-16)26-15-17(24)14-22-10-12-23(13-11-22)19-4-2-1-3-5-20(19)25/h1-9,17,24H,10-15H2. The fraction of sp³-hybridized carbons (Fsp3) is 0.350. The molecular formula is C20H23ClN2O3. The van der Waals surface area contributed by atoms with Crippen LogP contribution in [0.25, 0.3) is 0 Å². The maximum Gasteiger partial charge on any atom is 0.201 e. The first-order valence-corrected chi connectivity index (χ1v) is 9.13. The van der Waals surface area contributed by atoms with Gasteiger partial charge in [-0.3, -0.25) is 9.69 Å². The number of halogens is 1. The van der Waals surface area contributed by atoms with Crippen LogP contribution in [-0.2, 0) is 0 Å². The summed E-state index contributed by atoms with van der Waals surface area (Å²) in [7, 11) is 0. The summed E-state index contributed by atoms with van der Waals surface area (Å²) in [5.41, 5.74) is 0.779. The molecule has 26 heavy (non-hydrogen) atoms. The predicted octanol–water partition coefficient (Wildman–Crippen LogP) is 2.26. The molecule has 0 bridgehead atoms. The van der Waals surface area contributed by atoms with Crippen LogP contribution in [0.4, 0.5) is 5.69 Å². The molecule has 1 fully saturated rings. The van der Waals surface area contributed by atoms with Gasteiger partial charge in [-0.1, -0.05) is 29.8 Å². The zero-order valence-electron chi connectivity index (χ0n) is 14.6. The van der Waals surface area contributed by atoms with Gasteiger partial charge in [0.1, 0.15) is 18.5 Å². The van der Waals surface area contributed by atoms with E-state index in [0.717, 1.165) is 31.9 Å². The van der Waals surface area contributed by atoms with E-state index in [1.165, 1.54) is 0 Å². The molecule has 0 radical (unpaired) electrons. The number of benzene rings is 1. The number of β-amino-alcohol motifs (C(OH)–C–C–N with tert-alkyl or cyclic N) is 1. The van der Waals surface area contributed by atoms with Crippen molar-refractivity contribution in [1.82, 2.24) is 4.90 Å². The Kier molecular flexibility index (Phi) is 6.50. The molecule has 3 rings (SSSR count). The van der Waals surface area contributed by atoms with Gasteiger partial charge in [-0.15, -0.1) is 0 Å². The van der Waals surface area contributed by atoms with Crippen LogP contribution in [0.15, 0.2) is 59.4 Å². The SMILES string of the molecule is O=c1cccccc1N1CCN(CC(O)COc2ccc(Cl)cc2)CC1. The third-order valence-corrected chi connectivity index (χ3v) is 4.67. The lowest BCUT2D eigenvalue weighted by Crippen LogP contribution is -2.50. The van der Waals surface area contributed by atoms with Crippen LogP contribution in [0, 0.1) is 0 Å². The molecule has 1 aliphatic rings. The lowest BCUT2D eigenvalue weighted by atomic mass is 10.2. The van der Waals surface area contributed by atoms with Gasteiger partial charge in [0.15, 0.2) is 0 Å². The molecule has 1 heterocycles. The highest BCUT2D eigenvalue weighted by atomic mass is 35.5. The first kappa shape index (κ1) is 18.7. The van der Waals surface area contributed by atoms with Crippen LogP contribution in [0.1, 0.15) is 0 Å². The molecular weight excluding hydrogens is 352 g/mol. The highest BCUT2D eigenvalue weighted by molar-refractivity contribution is 6.30. The molecule has 5 nitrogen and oxygen atoms in total. The molecule has 1 unspecified atom stereocenters. The van der Waals surface area contributed by atoms with Gasteiger partial charge in [0.25, 0.3) is 0 Å². The van der Waals surface area contributed by atoms with Crippen LogP contribution in [0.2, 0.25) is 5.02 Å². The first-order chi connectivity index (χ1) is 12.6. The van der Waals surface area contributed by atoms with Crippen LogP contribution in [0.3, 0.4) is 0 Å². The third-order valence-electron chi connectivity index (χ3n) is 4.41. The van der Waals surface area contributed by atoms with Gasteiger partial charge in [0.2, 0.25) is 5.43 Å². The molecule has 1 N–H and O–H groups in total. The largest absolute Gasteiger partial charge is 0.491 e. The smallest absolute Gasteiger partial charge is 0.201 e. The maximum atomic E-state index is 12.1. The lowest BCUT2D eigenvalue weighted by molar-refractivity contribution is 0.0663. The average molecular weight is 375 g/mol. The molecule has 138 valence electrons. The normalized spacial score (nSPS) is 16.3. The Morgan fingerprint density at radius 2 is 1.69 bits per heavy atom. The number of aliphatic hydroxyl groups excluding tert-OH is 1. The maximum absolute atomic E-state index is 12.1. The summed E-state index contributed by atoms with van der Waals surface area (Å²) in [6.07, 6.45) is -0.568. The number of rotatable bonds is 6. The topological polar surface area (TPSA) is 53.0 Å². The third kappa shape index (κ3) is 5.21. The van der Waals surface area contributed by atoms with Gasteiger partial charge in [-0.05, 0) is 36.4 Å². The Hall–Kier alpha value is -2.08. The number of aliphatic hydroxyl groups is 1. The van der Waals surface area contributed by atoms with Gasteiger partial charge in [-0.2, -0.15) is 0 Å². The molecule has 0 aliphatic carbocycles. The van der Waals surface area contributed by atoms with Crippen LogP contribution >= 0.6 is 11.6 Å². The Bertz CT molecular complexity index is 761. The van der Waals surface area contributed by atoms with Crippen molar-refractivity contribution in [2.75, 3.05) is 44.2 Å². The van der Waals surface area contributed by atoms with E-state index >= 15 is 0 Å². The average Bonchev–Trinajstić information content (AvgIpc) is 2.86. The highest BCUT2D eigenvalue weighted by Crippen LogP contribution is 2.16. The minimum absolute atomic E-state index is 0.0415. The quantitative estimate of drug-likeness (QED) is 0.840. The summed E-state index contributed by atoms with van der Waals surface area (Å²) in [5, 5.41) is 10.9. The van der Waals surface area contributed by atoms with E-state index in [0.29, 0.717) is 17.3 Å². The van der Waals surface area contributed by atoms with E-state index in [9.17, 15) is 9.90 Å². The Morgan fingerprint density at radius 1 is 1.00 bits per heavy atom. The molecule has 1 saturated heterocycles. The second kappa shape index (κ2) is 9.03. The fourth-order valence-electron chi connectivity index (χ4n) is 3.03. The van der Waals surface area contributed by atoms with Crippen molar-refractivity contribution >= 4 is 17.3 Å². The zero-order valence-corrected chi connectivity index (χ0v) is 15.3. The van der Waals surface area contributed by atoms with Crippen molar-refractivity contribution < 1.29 is 9.84 Å². The molecule has 0 saturated carbocycles. The van der Waals surface area contributed by atoms with Crippen molar-refractivity contribution in [3.05, 3.63) is 69.8 Å². The molecule has 2 aromatic carbocycles. The van der Waals surface area contributed by atoms with E-state index in [-0.39, 0.29) is 12.0 Å². The molecule has 0 amide bonds. The van der Waals surface area contributed by atoms with Crippen LogP contribution < -0.4 is 15.1 Å². The van der Waals surface area contributed by atoms with Gasteiger partial charge in [0.05, 0.1) is 5.69 Å². The van der Waals surface area contributed by atoms with E-state index in [4.69, 9.17) is 16.3 Å². The molecule has 0 spiro atoms. The van der Waals surface area contributed by atoms with Crippen molar-refractivity contribution in [3.63, 3.8) is 0 Å². The lowest BCUT2D eigenvalue weighted by Gasteiger charge is -2.36. The molecule has 0 aromatic heterocycles. The summed E-state index contributed by atoms with van der Waals surface area (Å²) in [6, 6.07) is 16.1. The van der Waals surface area contributed by atoms with E-state index in [1.54, 1.807) is 36.4 Å². The van der Waals surface area contributed by atoms with Crippen molar-refractivity contribution in [1.29, 1.82) is 0 Å². The summed E-state index contributed by atoms with van der Waals surface area (Å²) in [4.78, 5) is 16.4. The highest BCUT2D eigenvalue weighted by Gasteiger charge is 2.20. The molecule has 1 aliphatic heterocycles. The summed E-state index contributed by atoms with van der Waals surface area (Å²) >= 11 is 5.84. The van der Waals surface area contributed by atoms with Gasteiger partial charge in [0, 0.05) is 37.7 Å². The fourth-order valence-corrected chi connectivity index (χ4v) is 3.15. The summed E-state index contributed by atoms with van der Waals surface area (Å²) in [6.45, 7) is 3.93. The molecule has 6 heteroatoms. The Labute approximate surface area is 158 Å². The number of hydrogen-bond donors (Lipinski definition) is 1. The molecule has 2 aromatic rings. The van der Waals surface area contributed by atoms with E-state index in [2.05, 4.69) is 9.80 Å². The van der Waals surface area contributed by atoms with Crippen molar-refractivity contribution in [3.8, 4) is 5.75 Å². The minimum Gasteiger partial charge on any atom is -0.491 e. The first-order valence-electron chi connectivity index (χ1n) is 8.75. The number of anilines is 1. The zero-order chi connectivity index (χ0) is 18.4. The minimum atomic E-state index is -0.568.